The molecule has 0 unspecified atom stereocenters. The number of pyridine rings is 1. The molecule has 0 N–H and O–H groups in total. The fraction of sp³-hybridized carbons (Fsp3) is 0.333. The Morgan fingerprint density at radius 1 is 1.13 bits per heavy atom. The van der Waals surface area contributed by atoms with Crippen molar-refractivity contribution in [3.8, 4) is 11.6 Å². The average molecular weight is 312 g/mol. The minimum atomic E-state index is -0.471. The van der Waals surface area contributed by atoms with Crippen LogP contribution in [0.25, 0.3) is 0 Å². The van der Waals surface area contributed by atoms with Crippen LogP contribution in [-0.4, -0.2) is 25.2 Å². The van der Waals surface area contributed by atoms with Gasteiger partial charge >= 0.3 is 6.09 Å². The predicted molar refractivity (Wildman–Crippen MR) is 88.3 cm³/mol. The number of hydrogen-bond acceptors (Lipinski definition) is 4. The lowest BCUT2D eigenvalue weighted by atomic mass is 9.92. The first-order valence-electron chi connectivity index (χ1n) is 7.76. The van der Waals surface area contributed by atoms with Gasteiger partial charge in [-0.2, -0.15) is 4.98 Å². The summed E-state index contributed by atoms with van der Waals surface area (Å²) in [5.74, 6) is 1.51. The zero-order chi connectivity index (χ0) is 16.2. The van der Waals surface area contributed by atoms with Crippen molar-refractivity contribution in [3.05, 3.63) is 47.5 Å². The van der Waals surface area contributed by atoms with Crippen molar-refractivity contribution in [3.63, 3.8) is 0 Å². The summed E-state index contributed by atoms with van der Waals surface area (Å²) < 4.78 is 10.6. The molecule has 1 aromatic heterocycles. The molecule has 1 heterocycles. The number of anilines is 1. The Morgan fingerprint density at radius 2 is 1.91 bits per heavy atom. The topological polar surface area (TPSA) is 51.7 Å². The highest BCUT2D eigenvalue weighted by atomic mass is 16.6. The van der Waals surface area contributed by atoms with Crippen LogP contribution in [0.5, 0.6) is 11.6 Å². The molecule has 1 amide bonds. The normalized spacial score (nSPS) is 13.1. The van der Waals surface area contributed by atoms with E-state index in [2.05, 4.69) is 11.1 Å². The van der Waals surface area contributed by atoms with Gasteiger partial charge in [-0.1, -0.05) is 12.1 Å². The summed E-state index contributed by atoms with van der Waals surface area (Å²) in [5, 5.41) is 0. The second kappa shape index (κ2) is 6.69. The van der Waals surface area contributed by atoms with E-state index in [4.69, 9.17) is 9.47 Å². The third-order valence-electron chi connectivity index (χ3n) is 4.06. The van der Waals surface area contributed by atoms with Gasteiger partial charge in [-0.3, -0.25) is 4.90 Å². The van der Waals surface area contributed by atoms with E-state index in [-0.39, 0.29) is 0 Å². The largest absolute Gasteiger partial charge is 0.481 e. The van der Waals surface area contributed by atoms with E-state index in [0.717, 1.165) is 12.8 Å². The summed E-state index contributed by atoms with van der Waals surface area (Å²) in [6, 6.07) is 11.1. The number of rotatable bonds is 3. The molecule has 0 radical (unpaired) electrons. The highest BCUT2D eigenvalue weighted by Gasteiger charge is 2.17. The maximum absolute atomic E-state index is 12.3. The summed E-state index contributed by atoms with van der Waals surface area (Å²) in [6.07, 6.45) is 4.11. The van der Waals surface area contributed by atoms with Crippen molar-refractivity contribution in [2.45, 2.75) is 25.7 Å². The van der Waals surface area contributed by atoms with Crippen LogP contribution in [0.3, 0.4) is 0 Å². The third kappa shape index (κ3) is 3.44. The van der Waals surface area contributed by atoms with E-state index in [1.54, 1.807) is 25.2 Å². The van der Waals surface area contributed by atoms with Gasteiger partial charge < -0.3 is 9.47 Å². The molecule has 0 bridgehead atoms. The lowest BCUT2D eigenvalue weighted by Gasteiger charge is -2.19. The average Bonchev–Trinajstić information content (AvgIpc) is 2.61. The van der Waals surface area contributed by atoms with Crippen molar-refractivity contribution < 1.29 is 14.3 Å². The van der Waals surface area contributed by atoms with Crippen LogP contribution in [0.15, 0.2) is 36.4 Å². The Kier molecular flexibility index (Phi) is 4.46. The minimum Gasteiger partial charge on any atom is -0.481 e. The fourth-order valence-corrected chi connectivity index (χ4v) is 2.74. The molecule has 120 valence electrons. The number of benzene rings is 1. The maximum Gasteiger partial charge on any atom is 0.420 e. The maximum atomic E-state index is 12.3. The lowest BCUT2D eigenvalue weighted by Crippen LogP contribution is -2.30. The molecule has 5 heteroatoms. The molecule has 5 nitrogen and oxygen atoms in total. The highest BCUT2D eigenvalue weighted by molar-refractivity contribution is 5.87. The van der Waals surface area contributed by atoms with Gasteiger partial charge in [-0.25, -0.2) is 4.79 Å². The van der Waals surface area contributed by atoms with Gasteiger partial charge in [0, 0.05) is 13.1 Å². The van der Waals surface area contributed by atoms with E-state index in [0.29, 0.717) is 17.4 Å². The molecule has 0 aliphatic heterocycles. The van der Waals surface area contributed by atoms with Gasteiger partial charge in [-0.15, -0.1) is 0 Å². The SMILES string of the molecule is COc1cccc(N(C)C(=O)Oc2ccc3c(c2)CCCC3)n1. The molecular weight excluding hydrogens is 292 g/mol. The molecule has 1 aromatic carbocycles. The number of nitrogens with zero attached hydrogens (tertiary/aromatic N) is 2. The van der Waals surface area contributed by atoms with Crippen LogP contribution >= 0.6 is 0 Å². The summed E-state index contributed by atoms with van der Waals surface area (Å²) in [7, 11) is 3.17. The number of amides is 1. The standard InChI is InChI=1S/C18H20N2O3/c1-20(16-8-5-9-17(19-16)22-2)18(21)23-15-11-10-13-6-3-4-7-14(13)12-15/h5,8-12H,3-4,6-7H2,1-2H3. The van der Waals surface area contributed by atoms with E-state index in [9.17, 15) is 4.79 Å². The third-order valence-corrected chi connectivity index (χ3v) is 4.06. The molecule has 0 saturated carbocycles. The Labute approximate surface area is 135 Å². The Hall–Kier alpha value is -2.56. The number of hydrogen-bond donors (Lipinski definition) is 0. The van der Waals surface area contributed by atoms with Crippen LogP contribution < -0.4 is 14.4 Å². The quantitative estimate of drug-likeness (QED) is 0.869. The minimum absolute atomic E-state index is 0.455. The van der Waals surface area contributed by atoms with E-state index in [1.165, 1.54) is 36.0 Å². The number of methoxy groups -OCH3 is 1. The number of fused-ring (bicyclic) bond motifs is 1. The summed E-state index contributed by atoms with van der Waals surface area (Å²) in [5.41, 5.74) is 2.64. The van der Waals surface area contributed by atoms with Gasteiger partial charge in [-0.05, 0) is 55.0 Å². The first-order chi connectivity index (χ1) is 11.2. The number of aromatic nitrogens is 1. The summed E-state index contributed by atoms with van der Waals surface area (Å²) in [6.45, 7) is 0. The molecule has 1 aliphatic carbocycles. The van der Waals surface area contributed by atoms with Gasteiger partial charge in [0.25, 0.3) is 0 Å². The van der Waals surface area contributed by atoms with Crippen LogP contribution in [0.1, 0.15) is 24.0 Å². The fourth-order valence-electron chi connectivity index (χ4n) is 2.74. The van der Waals surface area contributed by atoms with Crippen LogP contribution in [0.2, 0.25) is 0 Å². The molecule has 0 fully saturated rings. The zero-order valence-corrected chi connectivity index (χ0v) is 13.4. The molecule has 0 spiro atoms. The summed E-state index contributed by atoms with van der Waals surface area (Å²) >= 11 is 0. The number of aryl methyl sites for hydroxylation is 2. The summed E-state index contributed by atoms with van der Waals surface area (Å²) in [4.78, 5) is 17.9. The van der Waals surface area contributed by atoms with Crippen molar-refractivity contribution in [1.29, 1.82) is 0 Å². The van der Waals surface area contributed by atoms with Gasteiger partial charge in [0.05, 0.1) is 7.11 Å². The van der Waals surface area contributed by atoms with Crippen molar-refractivity contribution in [1.82, 2.24) is 4.98 Å². The molecule has 1 aliphatic rings. The predicted octanol–water partition coefficient (Wildman–Crippen LogP) is 3.60. The number of carbonyl (C=O) groups excluding carboxylic acids is 1. The number of carbonyl (C=O) groups is 1. The molecule has 0 atom stereocenters. The van der Waals surface area contributed by atoms with E-state index < -0.39 is 6.09 Å². The van der Waals surface area contributed by atoms with Gasteiger partial charge in [0.15, 0.2) is 0 Å². The first-order valence-corrected chi connectivity index (χ1v) is 7.76. The lowest BCUT2D eigenvalue weighted by molar-refractivity contribution is 0.209. The van der Waals surface area contributed by atoms with Gasteiger partial charge in [0.2, 0.25) is 5.88 Å². The zero-order valence-electron chi connectivity index (χ0n) is 13.4. The van der Waals surface area contributed by atoms with E-state index >= 15 is 0 Å². The van der Waals surface area contributed by atoms with Crippen LogP contribution in [-0.2, 0) is 12.8 Å². The molecule has 23 heavy (non-hydrogen) atoms. The molecule has 3 rings (SSSR count). The van der Waals surface area contributed by atoms with Gasteiger partial charge in [0.1, 0.15) is 11.6 Å². The second-order valence-electron chi connectivity index (χ2n) is 5.60. The highest BCUT2D eigenvalue weighted by Crippen LogP contribution is 2.26. The van der Waals surface area contributed by atoms with Crippen LogP contribution in [0.4, 0.5) is 10.6 Å². The van der Waals surface area contributed by atoms with Crippen LogP contribution in [0, 0.1) is 0 Å². The van der Waals surface area contributed by atoms with Crippen molar-refractivity contribution in [2.24, 2.45) is 0 Å². The Morgan fingerprint density at radius 3 is 2.70 bits per heavy atom. The molecule has 0 saturated heterocycles. The van der Waals surface area contributed by atoms with Crippen molar-refractivity contribution in [2.75, 3.05) is 19.1 Å². The second-order valence-corrected chi connectivity index (χ2v) is 5.60. The van der Waals surface area contributed by atoms with Crippen molar-refractivity contribution >= 4 is 11.9 Å². The molecular formula is C18H20N2O3. The Bertz CT molecular complexity index is 715. The monoisotopic (exact) mass is 312 g/mol. The number of ether oxygens (including phenoxy) is 2. The van der Waals surface area contributed by atoms with E-state index in [1.807, 2.05) is 12.1 Å². The Balaban J connectivity index is 1.73. The smallest absolute Gasteiger partial charge is 0.420 e. The molecule has 2 aromatic rings. The first kappa shape index (κ1) is 15.3.